The number of rotatable bonds is 6. The van der Waals surface area contributed by atoms with Crippen LogP contribution in [0.4, 0.5) is 0 Å². The average Bonchev–Trinajstić information content (AvgIpc) is 3.90. The van der Waals surface area contributed by atoms with Gasteiger partial charge in [0.2, 0.25) is 0 Å². The third kappa shape index (κ3) is 4.74. The summed E-state index contributed by atoms with van der Waals surface area (Å²) in [4.78, 5) is 17.7. The van der Waals surface area contributed by atoms with E-state index in [1.54, 1.807) is 7.11 Å². The summed E-state index contributed by atoms with van der Waals surface area (Å²) in [6.45, 7) is 0. The van der Waals surface area contributed by atoms with E-state index in [1.807, 2.05) is 66.7 Å². The molecule has 0 aliphatic carbocycles. The van der Waals surface area contributed by atoms with Crippen LogP contribution in [0.15, 0.2) is 152 Å². The number of para-hydroxylation sites is 1. The zero-order valence-electron chi connectivity index (χ0n) is 28.5. The number of aromatic amines is 1. The first-order valence-corrected chi connectivity index (χ1v) is 18.3. The fourth-order valence-electron chi connectivity index (χ4n) is 8.61. The summed E-state index contributed by atoms with van der Waals surface area (Å²) in [5.74, 6) is 0.363. The van der Waals surface area contributed by atoms with Gasteiger partial charge in [-0.05, 0) is 77.4 Å². The van der Waals surface area contributed by atoms with Crippen molar-refractivity contribution in [3.63, 3.8) is 0 Å². The van der Waals surface area contributed by atoms with Gasteiger partial charge < -0.3 is 19.6 Å². The minimum Gasteiger partial charge on any atom is -0.497 e. The van der Waals surface area contributed by atoms with Gasteiger partial charge in [-0.25, -0.2) is 0 Å². The second-order valence-corrected chi connectivity index (χ2v) is 14.5. The Hall–Kier alpha value is -6.01. The number of halogens is 2. The predicted octanol–water partition coefficient (Wildman–Crippen LogP) is 11.2. The van der Waals surface area contributed by atoms with E-state index in [0.717, 1.165) is 77.9 Å². The largest absolute Gasteiger partial charge is 0.497 e. The molecule has 8 aromatic rings. The van der Waals surface area contributed by atoms with Gasteiger partial charge in [0.15, 0.2) is 5.66 Å². The Kier molecular flexibility index (Phi) is 7.19. The van der Waals surface area contributed by atoms with Gasteiger partial charge in [-0.2, -0.15) is 0 Å². The van der Waals surface area contributed by atoms with Crippen molar-refractivity contribution >= 4 is 56.5 Å². The van der Waals surface area contributed by atoms with Crippen molar-refractivity contribution in [1.82, 2.24) is 14.9 Å². The van der Waals surface area contributed by atoms with Gasteiger partial charge in [-0.15, -0.1) is 0 Å². The number of benzene rings is 6. The number of carbonyl (C=O) groups excluding carboxylic acids is 1. The molecular weight excluding hydrogens is 697 g/mol. The molecule has 0 bridgehead atoms. The van der Waals surface area contributed by atoms with Crippen LogP contribution < -0.4 is 10.1 Å². The van der Waals surface area contributed by atoms with Gasteiger partial charge in [-0.1, -0.05) is 114 Å². The van der Waals surface area contributed by atoms with E-state index in [0.29, 0.717) is 15.6 Å². The third-order valence-corrected chi connectivity index (χ3v) is 11.2. The minimum atomic E-state index is -0.967. The van der Waals surface area contributed by atoms with Crippen LogP contribution in [0.1, 0.15) is 49.9 Å². The van der Waals surface area contributed by atoms with Crippen LogP contribution in [0.3, 0.4) is 0 Å². The molecule has 0 saturated carbocycles. The van der Waals surface area contributed by atoms with Crippen molar-refractivity contribution in [3.8, 4) is 16.9 Å². The average molecular weight is 729 g/mol. The van der Waals surface area contributed by atoms with Crippen LogP contribution in [0.5, 0.6) is 5.75 Å². The maximum absolute atomic E-state index is 13.8. The van der Waals surface area contributed by atoms with Crippen LogP contribution in [-0.4, -0.2) is 22.6 Å². The zero-order chi connectivity index (χ0) is 35.8. The SMILES string of the molecule is COc1ccc2c(c1)c(-c1c(C(c3cccc(Cl)c3)c3cccc(Cl)c3)[nH]c3ccccc13)c1n2C2(C=C1c1ccccc1)NC(=O)c1ccccc12. The molecule has 1 unspecified atom stereocenters. The second kappa shape index (κ2) is 12.0. The van der Waals surface area contributed by atoms with Gasteiger partial charge in [-0.3, -0.25) is 4.79 Å². The summed E-state index contributed by atoms with van der Waals surface area (Å²) in [7, 11) is 1.69. The molecular formula is C46H31Cl2N3O2. The molecule has 53 heavy (non-hydrogen) atoms. The molecule has 4 heterocycles. The number of amides is 1. The van der Waals surface area contributed by atoms with E-state index in [-0.39, 0.29) is 11.8 Å². The number of hydrogen-bond donors (Lipinski definition) is 2. The van der Waals surface area contributed by atoms with Gasteiger partial charge in [0.25, 0.3) is 5.91 Å². The van der Waals surface area contributed by atoms with Crippen LogP contribution in [-0.2, 0) is 5.66 Å². The maximum atomic E-state index is 13.8. The number of carbonyl (C=O) groups is 1. The number of ether oxygens (including phenoxy) is 1. The Morgan fingerprint density at radius 3 is 2.13 bits per heavy atom. The van der Waals surface area contributed by atoms with Crippen molar-refractivity contribution in [2.45, 2.75) is 11.6 Å². The lowest BCUT2D eigenvalue weighted by atomic mass is 9.83. The maximum Gasteiger partial charge on any atom is 0.254 e. The summed E-state index contributed by atoms with van der Waals surface area (Å²) in [5.41, 5.74) is 10.8. The van der Waals surface area contributed by atoms with Crippen LogP contribution in [0, 0.1) is 0 Å². The lowest BCUT2D eigenvalue weighted by Crippen LogP contribution is -2.42. The topological polar surface area (TPSA) is 59.0 Å². The molecule has 0 fully saturated rings. The van der Waals surface area contributed by atoms with E-state index in [1.165, 1.54) is 0 Å². The Morgan fingerprint density at radius 1 is 0.698 bits per heavy atom. The minimum absolute atomic E-state index is 0.108. The van der Waals surface area contributed by atoms with E-state index in [9.17, 15) is 4.79 Å². The lowest BCUT2D eigenvalue weighted by Gasteiger charge is -2.27. The number of hydrogen-bond acceptors (Lipinski definition) is 2. The number of nitrogens with one attached hydrogen (secondary N) is 2. The molecule has 1 spiro atoms. The molecule has 2 aromatic heterocycles. The molecule has 2 N–H and O–H groups in total. The summed E-state index contributed by atoms with van der Waals surface area (Å²) in [6, 6.07) is 49.0. The molecule has 6 aromatic carbocycles. The molecule has 1 atom stereocenters. The molecule has 10 rings (SSSR count). The van der Waals surface area contributed by atoms with Crippen molar-refractivity contribution in [1.29, 1.82) is 0 Å². The number of fused-ring (bicyclic) bond motifs is 7. The third-order valence-electron chi connectivity index (χ3n) is 10.7. The summed E-state index contributed by atoms with van der Waals surface area (Å²) >= 11 is 13.4. The Labute approximate surface area is 316 Å². The van der Waals surface area contributed by atoms with Gasteiger partial charge >= 0.3 is 0 Å². The Bertz CT molecular complexity index is 2770. The fourth-order valence-corrected chi connectivity index (χ4v) is 9.01. The van der Waals surface area contributed by atoms with Crippen molar-refractivity contribution < 1.29 is 9.53 Å². The van der Waals surface area contributed by atoms with E-state index in [4.69, 9.17) is 27.9 Å². The van der Waals surface area contributed by atoms with Crippen molar-refractivity contribution in [2.75, 3.05) is 7.11 Å². The molecule has 0 saturated heterocycles. The fraction of sp³-hybridized carbons (Fsp3) is 0.0652. The Morgan fingerprint density at radius 2 is 1.40 bits per heavy atom. The van der Waals surface area contributed by atoms with Crippen molar-refractivity contribution in [2.24, 2.45) is 0 Å². The number of H-pyrrole nitrogens is 1. The number of nitrogens with zero attached hydrogens (tertiary/aromatic N) is 1. The first-order valence-electron chi connectivity index (χ1n) is 17.5. The highest BCUT2D eigenvalue weighted by molar-refractivity contribution is 6.31. The molecule has 7 heteroatoms. The van der Waals surface area contributed by atoms with Crippen LogP contribution in [0.2, 0.25) is 10.0 Å². The van der Waals surface area contributed by atoms with E-state index < -0.39 is 5.66 Å². The molecule has 5 nitrogen and oxygen atoms in total. The summed E-state index contributed by atoms with van der Waals surface area (Å²) in [5, 5.41) is 6.82. The highest BCUT2D eigenvalue weighted by Gasteiger charge is 2.50. The smallest absolute Gasteiger partial charge is 0.254 e. The van der Waals surface area contributed by atoms with Crippen LogP contribution in [0.25, 0.3) is 38.5 Å². The molecule has 2 aliphatic rings. The molecule has 0 radical (unpaired) electrons. The van der Waals surface area contributed by atoms with Crippen LogP contribution >= 0.6 is 23.2 Å². The van der Waals surface area contributed by atoms with Gasteiger partial charge in [0.05, 0.1) is 18.3 Å². The van der Waals surface area contributed by atoms with Crippen molar-refractivity contribution in [3.05, 3.63) is 201 Å². The predicted molar refractivity (Wildman–Crippen MR) is 214 cm³/mol. The molecule has 256 valence electrons. The monoisotopic (exact) mass is 727 g/mol. The summed E-state index contributed by atoms with van der Waals surface area (Å²) in [6.07, 6.45) is 2.23. The normalized spacial score (nSPS) is 16.0. The zero-order valence-corrected chi connectivity index (χ0v) is 30.0. The highest BCUT2D eigenvalue weighted by Crippen LogP contribution is 2.55. The first kappa shape index (κ1) is 31.7. The molecule has 2 aliphatic heterocycles. The standard InChI is InChI=1S/C46H31Cl2N3O2/c1-53-32-21-22-39-35(25-32)42(44-36(27-11-3-2-4-12-27)26-46(51(39)44)37-19-7-5-17-33(37)45(52)50-46)41-34-18-6-8-20-38(34)49-43(41)40(28-13-9-15-30(47)23-28)29-14-10-16-31(48)24-29/h2-26,40,49H,1H3,(H,50,52). The summed E-state index contributed by atoms with van der Waals surface area (Å²) < 4.78 is 8.22. The van der Waals surface area contributed by atoms with Gasteiger partial charge in [0.1, 0.15) is 5.75 Å². The Balaban J connectivity index is 1.38. The second-order valence-electron chi connectivity index (χ2n) is 13.6. The quantitative estimate of drug-likeness (QED) is 0.179. The van der Waals surface area contributed by atoms with E-state index in [2.05, 4.69) is 99.8 Å². The lowest BCUT2D eigenvalue weighted by molar-refractivity contribution is 0.0937. The van der Waals surface area contributed by atoms with E-state index >= 15 is 0 Å². The molecule has 1 amide bonds. The number of methoxy groups -OCH3 is 1. The highest BCUT2D eigenvalue weighted by atomic mass is 35.5. The first-order chi connectivity index (χ1) is 25.9. The van der Waals surface area contributed by atoms with Gasteiger partial charge in [0, 0.05) is 65.8 Å². The number of aromatic nitrogens is 2.